The summed E-state index contributed by atoms with van der Waals surface area (Å²) in [6.07, 6.45) is 1.04. The third-order valence-corrected chi connectivity index (χ3v) is 5.44. The van der Waals surface area contributed by atoms with Gasteiger partial charge in [-0.05, 0) is 6.92 Å². The Kier molecular flexibility index (Phi) is 5.88. The monoisotopic (exact) mass is 358 g/mol. The Morgan fingerprint density at radius 2 is 2.04 bits per heavy atom. The molecule has 1 aromatic rings. The lowest BCUT2D eigenvalue weighted by atomic mass is 10.2. The van der Waals surface area contributed by atoms with Crippen LogP contribution in [0.15, 0.2) is 15.8 Å². The summed E-state index contributed by atoms with van der Waals surface area (Å²) in [5.41, 5.74) is -0.565. The van der Waals surface area contributed by atoms with Gasteiger partial charge in [-0.15, -0.1) is 0 Å². The van der Waals surface area contributed by atoms with E-state index in [0.29, 0.717) is 17.7 Å². The number of H-pyrrole nitrogens is 1. The first-order valence-electron chi connectivity index (χ1n) is 7.06. The van der Waals surface area contributed by atoms with Crippen LogP contribution in [0.25, 0.3) is 0 Å². The zero-order valence-corrected chi connectivity index (χ0v) is 14.7. The molecule has 1 aromatic heterocycles. The van der Waals surface area contributed by atoms with E-state index in [4.69, 9.17) is 4.74 Å². The second-order valence-corrected chi connectivity index (χ2v) is 7.91. The van der Waals surface area contributed by atoms with Crippen molar-refractivity contribution in [2.24, 2.45) is 0 Å². The number of nitrogens with one attached hydrogen (secondary N) is 1. The van der Waals surface area contributed by atoms with Crippen molar-refractivity contribution in [2.45, 2.75) is 44.8 Å². The van der Waals surface area contributed by atoms with Gasteiger partial charge >= 0.3 is 5.69 Å². The molecule has 7 nitrogen and oxygen atoms in total. The summed E-state index contributed by atoms with van der Waals surface area (Å²) in [6, 6.07) is 0. The second-order valence-electron chi connectivity index (χ2n) is 5.29. The Bertz CT molecular complexity index is 727. The predicted molar refractivity (Wildman–Crippen MR) is 89.8 cm³/mol. The third-order valence-electron chi connectivity index (χ3n) is 3.40. The topological polar surface area (TPSA) is 98.2 Å². The van der Waals surface area contributed by atoms with Gasteiger partial charge in [0.15, 0.2) is 10.2 Å². The van der Waals surface area contributed by atoms with Crippen LogP contribution in [0.1, 0.15) is 32.1 Å². The van der Waals surface area contributed by atoms with E-state index in [1.807, 2.05) is 0 Å². The molecule has 126 valence electrons. The number of nitrogens with zero attached hydrogens (tertiary/aromatic N) is 1. The zero-order valence-electron chi connectivity index (χ0n) is 13.0. The molecule has 1 fully saturated rings. The normalized spacial score (nSPS) is 23.9. The molecule has 0 radical (unpaired) electrons. The summed E-state index contributed by atoms with van der Waals surface area (Å²) < 4.78 is 7.22. The summed E-state index contributed by atoms with van der Waals surface area (Å²) in [5, 5.41) is -0.203. The Labute approximate surface area is 141 Å². The third kappa shape index (κ3) is 4.58. The van der Waals surface area contributed by atoms with E-state index in [1.54, 1.807) is 6.92 Å². The number of hydrogen-bond donors (Lipinski definition) is 1. The summed E-state index contributed by atoms with van der Waals surface area (Å²) in [7, 11) is 0. The van der Waals surface area contributed by atoms with Gasteiger partial charge in [-0.3, -0.25) is 23.9 Å². The quantitative estimate of drug-likeness (QED) is 0.859. The molecule has 2 heterocycles. The Morgan fingerprint density at radius 3 is 2.65 bits per heavy atom. The van der Waals surface area contributed by atoms with Crippen LogP contribution < -0.4 is 11.2 Å². The minimum atomic E-state index is -0.563. The molecule has 0 saturated carbocycles. The summed E-state index contributed by atoms with van der Waals surface area (Å²) in [4.78, 5) is 48.2. The maximum Gasteiger partial charge on any atom is 0.330 e. The minimum absolute atomic E-state index is 0.0272. The molecule has 3 atom stereocenters. The fourth-order valence-electron chi connectivity index (χ4n) is 2.36. The predicted octanol–water partition coefficient (Wildman–Crippen LogP) is 1.06. The molecule has 0 aliphatic carbocycles. The summed E-state index contributed by atoms with van der Waals surface area (Å²) in [6.45, 7) is 4.55. The van der Waals surface area contributed by atoms with Crippen LogP contribution in [0.3, 0.4) is 0 Å². The number of ether oxygens (including phenoxy) is 1. The maximum absolute atomic E-state index is 12.0. The molecule has 0 unspecified atom stereocenters. The SMILES string of the molecule is CC(=O)SC[C@H]1O[C@@H](n2cc(C)c(=O)[nH]c2=O)C[C@@H]1SC(C)=O. The number of aromatic amines is 1. The van der Waals surface area contributed by atoms with Gasteiger partial charge in [0, 0.05) is 43.0 Å². The number of aromatic nitrogens is 2. The van der Waals surface area contributed by atoms with Crippen molar-refractivity contribution >= 4 is 33.8 Å². The molecule has 2 rings (SSSR count). The highest BCUT2D eigenvalue weighted by molar-refractivity contribution is 8.14. The smallest absolute Gasteiger partial charge is 0.330 e. The van der Waals surface area contributed by atoms with Gasteiger partial charge in [-0.1, -0.05) is 23.5 Å². The molecule has 0 spiro atoms. The largest absolute Gasteiger partial charge is 0.353 e. The molecule has 1 aliphatic rings. The van der Waals surface area contributed by atoms with E-state index in [1.165, 1.54) is 24.6 Å². The molecule has 1 saturated heterocycles. The lowest BCUT2D eigenvalue weighted by molar-refractivity contribution is -0.109. The van der Waals surface area contributed by atoms with E-state index >= 15 is 0 Å². The number of thioether (sulfide) groups is 2. The average molecular weight is 358 g/mol. The molecule has 0 bridgehead atoms. The molecule has 1 aliphatic heterocycles. The lowest BCUT2D eigenvalue weighted by Crippen LogP contribution is -2.33. The van der Waals surface area contributed by atoms with Gasteiger partial charge in [0.2, 0.25) is 0 Å². The van der Waals surface area contributed by atoms with Crippen LogP contribution in [-0.4, -0.2) is 36.9 Å². The molecule has 0 aromatic carbocycles. The van der Waals surface area contributed by atoms with Crippen molar-refractivity contribution < 1.29 is 14.3 Å². The fraction of sp³-hybridized carbons (Fsp3) is 0.571. The second kappa shape index (κ2) is 7.50. The van der Waals surface area contributed by atoms with E-state index < -0.39 is 17.5 Å². The fourth-order valence-corrected chi connectivity index (χ4v) is 4.19. The molecule has 23 heavy (non-hydrogen) atoms. The van der Waals surface area contributed by atoms with E-state index in [2.05, 4.69) is 4.98 Å². The standard InChI is InChI=1S/C14H18N2O5S2/c1-7-5-16(14(20)15-13(7)19)12-4-11(23-9(3)18)10(21-12)6-22-8(2)17/h5,10-12H,4,6H2,1-3H3,(H,15,19,20)/t10-,11+,12-/m1/s1. The summed E-state index contributed by atoms with van der Waals surface area (Å²) >= 11 is 2.29. The van der Waals surface area contributed by atoms with Crippen LogP contribution >= 0.6 is 23.5 Å². The first-order chi connectivity index (χ1) is 10.8. The first-order valence-corrected chi connectivity index (χ1v) is 8.92. The van der Waals surface area contributed by atoms with Crippen molar-refractivity contribution in [3.63, 3.8) is 0 Å². The Balaban J connectivity index is 2.23. The van der Waals surface area contributed by atoms with Crippen LogP contribution in [-0.2, 0) is 14.3 Å². The van der Waals surface area contributed by atoms with Gasteiger partial charge in [-0.25, -0.2) is 4.79 Å². The van der Waals surface area contributed by atoms with Crippen molar-refractivity contribution in [1.82, 2.24) is 9.55 Å². The van der Waals surface area contributed by atoms with Crippen LogP contribution in [0.4, 0.5) is 0 Å². The maximum atomic E-state index is 12.0. The van der Waals surface area contributed by atoms with Crippen molar-refractivity contribution in [2.75, 3.05) is 5.75 Å². The number of carbonyl (C=O) groups is 2. The highest BCUT2D eigenvalue weighted by Gasteiger charge is 2.38. The van der Waals surface area contributed by atoms with Gasteiger partial charge in [0.25, 0.3) is 5.56 Å². The Hall–Kier alpha value is -1.32. The number of rotatable bonds is 4. The molecule has 9 heteroatoms. The highest BCUT2D eigenvalue weighted by Crippen LogP contribution is 2.37. The first kappa shape index (κ1) is 18.0. The highest BCUT2D eigenvalue weighted by atomic mass is 32.2. The van der Waals surface area contributed by atoms with E-state index in [0.717, 1.165) is 23.5 Å². The Morgan fingerprint density at radius 1 is 1.35 bits per heavy atom. The average Bonchev–Trinajstić information content (AvgIpc) is 2.82. The van der Waals surface area contributed by atoms with Gasteiger partial charge in [0.05, 0.1) is 6.10 Å². The van der Waals surface area contributed by atoms with Gasteiger partial charge in [-0.2, -0.15) is 0 Å². The van der Waals surface area contributed by atoms with Crippen molar-refractivity contribution in [3.05, 3.63) is 32.6 Å². The van der Waals surface area contributed by atoms with Gasteiger partial charge < -0.3 is 4.74 Å². The number of hydrogen-bond acceptors (Lipinski definition) is 7. The van der Waals surface area contributed by atoms with Gasteiger partial charge in [0.1, 0.15) is 6.23 Å². The van der Waals surface area contributed by atoms with Crippen LogP contribution in [0.2, 0.25) is 0 Å². The summed E-state index contributed by atoms with van der Waals surface area (Å²) in [5.74, 6) is 0.424. The van der Waals surface area contributed by atoms with Crippen LogP contribution in [0, 0.1) is 6.92 Å². The number of aryl methyl sites for hydroxylation is 1. The molecule has 1 N–H and O–H groups in total. The zero-order chi connectivity index (χ0) is 17.1. The molecular weight excluding hydrogens is 340 g/mol. The lowest BCUT2D eigenvalue weighted by Gasteiger charge is -2.16. The van der Waals surface area contributed by atoms with E-state index in [-0.39, 0.29) is 21.6 Å². The molecule has 0 amide bonds. The van der Waals surface area contributed by atoms with Crippen LogP contribution in [0.5, 0.6) is 0 Å². The van der Waals surface area contributed by atoms with Crippen molar-refractivity contribution in [1.29, 1.82) is 0 Å². The molecular formula is C14H18N2O5S2. The van der Waals surface area contributed by atoms with E-state index in [9.17, 15) is 19.2 Å². The minimum Gasteiger partial charge on any atom is -0.353 e. The van der Waals surface area contributed by atoms with Crippen molar-refractivity contribution in [3.8, 4) is 0 Å². The number of carbonyl (C=O) groups excluding carboxylic acids is 2.